The summed E-state index contributed by atoms with van der Waals surface area (Å²) in [6.45, 7) is 1.62. The van der Waals surface area contributed by atoms with Crippen LogP contribution in [0.15, 0.2) is 58.0 Å². The lowest BCUT2D eigenvalue weighted by atomic mass is 10.3. The molecule has 0 saturated carbocycles. The molecular weight excluding hydrogens is 350 g/mol. The molecule has 0 aliphatic heterocycles. The SMILES string of the molecule is CCCCS(=O)(=O)NCC(c1ccco1)S(=O)(=O)c1ccccc1. The number of furan rings is 1. The van der Waals surface area contributed by atoms with E-state index in [1.807, 2.05) is 6.92 Å². The van der Waals surface area contributed by atoms with Crippen LogP contribution in [0, 0.1) is 0 Å². The Morgan fingerprint density at radius 1 is 1.04 bits per heavy atom. The standard InChI is InChI=1S/C16H21NO5S2/c1-2-3-12-23(18,19)17-13-16(15-10-7-11-22-15)24(20,21)14-8-5-4-6-9-14/h4-11,16-17H,2-3,12-13H2,1H3. The molecule has 0 bridgehead atoms. The average Bonchev–Trinajstić information content (AvgIpc) is 3.08. The normalized spacial score (nSPS) is 13.7. The van der Waals surface area contributed by atoms with Gasteiger partial charge in [0.25, 0.3) is 0 Å². The fourth-order valence-electron chi connectivity index (χ4n) is 2.22. The van der Waals surface area contributed by atoms with Crippen molar-refractivity contribution >= 4 is 19.9 Å². The Balaban J connectivity index is 2.27. The van der Waals surface area contributed by atoms with Crippen LogP contribution in [0.2, 0.25) is 0 Å². The van der Waals surface area contributed by atoms with Gasteiger partial charge in [0.1, 0.15) is 11.0 Å². The maximum atomic E-state index is 12.9. The summed E-state index contributed by atoms with van der Waals surface area (Å²) in [5.41, 5.74) is 0. The van der Waals surface area contributed by atoms with Crippen LogP contribution in [0.4, 0.5) is 0 Å². The van der Waals surface area contributed by atoms with Gasteiger partial charge in [0.15, 0.2) is 9.84 Å². The smallest absolute Gasteiger partial charge is 0.211 e. The number of nitrogens with one attached hydrogen (secondary N) is 1. The Bertz CT molecular complexity index is 828. The monoisotopic (exact) mass is 371 g/mol. The summed E-state index contributed by atoms with van der Waals surface area (Å²) in [7, 11) is -7.32. The number of benzene rings is 1. The van der Waals surface area contributed by atoms with Gasteiger partial charge in [-0.2, -0.15) is 0 Å². The first-order valence-corrected chi connectivity index (χ1v) is 10.9. The minimum atomic E-state index is -3.79. The average molecular weight is 371 g/mol. The van der Waals surface area contributed by atoms with Crippen LogP contribution >= 0.6 is 0 Å². The predicted octanol–water partition coefficient (Wildman–Crippen LogP) is 2.51. The number of rotatable bonds is 9. The van der Waals surface area contributed by atoms with Gasteiger partial charge in [0, 0.05) is 6.54 Å². The van der Waals surface area contributed by atoms with Crippen LogP contribution in [0.1, 0.15) is 30.8 Å². The predicted molar refractivity (Wildman–Crippen MR) is 91.8 cm³/mol. The summed E-state index contributed by atoms with van der Waals surface area (Å²) >= 11 is 0. The highest BCUT2D eigenvalue weighted by molar-refractivity contribution is 7.92. The molecule has 2 rings (SSSR count). The van der Waals surface area contributed by atoms with E-state index in [9.17, 15) is 16.8 Å². The molecule has 1 unspecified atom stereocenters. The van der Waals surface area contributed by atoms with E-state index < -0.39 is 25.1 Å². The maximum Gasteiger partial charge on any atom is 0.211 e. The molecule has 0 aliphatic rings. The molecule has 0 fully saturated rings. The van der Waals surface area contributed by atoms with Crippen molar-refractivity contribution in [2.75, 3.05) is 12.3 Å². The van der Waals surface area contributed by atoms with Crippen molar-refractivity contribution in [1.29, 1.82) is 0 Å². The second-order valence-electron chi connectivity index (χ2n) is 5.38. The molecule has 1 N–H and O–H groups in total. The van der Waals surface area contributed by atoms with Gasteiger partial charge in [0.05, 0.1) is 16.9 Å². The van der Waals surface area contributed by atoms with Gasteiger partial charge in [-0.3, -0.25) is 0 Å². The Labute approximate surface area is 142 Å². The highest BCUT2D eigenvalue weighted by Crippen LogP contribution is 2.28. The van der Waals surface area contributed by atoms with E-state index in [0.29, 0.717) is 6.42 Å². The summed E-state index contributed by atoms with van der Waals surface area (Å²) in [5, 5.41) is -1.12. The van der Waals surface area contributed by atoms with Gasteiger partial charge in [-0.25, -0.2) is 21.6 Å². The van der Waals surface area contributed by atoms with Crippen molar-refractivity contribution in [2.24, 2.45) is 0 Å². The zero-order valence-electron chi connectivity index (χ0n) is 13.4. The van der Waals surface area contributed by atoms with Crippen LogP contribution in [0.3, 0.4) is 0 Å². The lowest BCUT2D eigenvalue weighted by molar-refractivity contribution is 0.486. The molecule has 0 spiro atoms. The van der Waals surface area contributed by atoms with Crippen molar-refractivity contribution in [2.45, 2.75) is 29.9 Å². The number of unbranched alkanes of at least 4 members (excludes halogenated alkanes) is 1. The van der Waals surface area contributed by atoms with Gasteiger partial charge >= 0.3 is 0 Å². The zero-order valence-corrected chi connectivity index (χ0v) is 15.0. The van der Waals surface area contributed by atoms with E-state index in [0.717, 1.165) is 6.42 Å². The Hall–Kier alpha value is -1.64. The number of hydrogen-bond donors (Lipinski definition) is 1. The molecule has 0 radical (unpaired) electrons. The van der Waals surface area contributed by atoms with E-state index >= 15 is 0 Å². The minimum absolute atomic E-state index is 0.0280. The van der Waals surface area contributed by atoms with Crippen molar-refractivity contribution in [1.82, 2.24) is 4.72 Å². The van der Waals surface area contributed by atoms with Gasteiger partial charge < -0.3 is 4.42 Å². The maximum absolute atomic E-state index is 12.9. The quantitative estimate of drug-likeness (QED) is 0.731. The molecule has 1 heterocycles. The third kappa shape index (κ3) is 4.68. The van der Waals surface area contributed by atoms with E-state index in [-0.39, 0.29) is 23.0 Å². The Morgan fingerprint density at radius 2 is 1.75 bits per heavy atom. The Morgan fingerprint density at radius 3 is 2.33 bits per heavy atom. The summed E-state index contributed by atoms with van der Waals surface area (Å²) in [6.07, 6.45) is 2.63. The second kappa shape index (κ2) is 7.96. The van der Waals surface area contributed by atoms with Crippen LogP contribution in [0.25, 0.3) is 0 Å². The van der Waals surface area contributed by atoms with Crippen molar-refractivity contribution in [3.05, 3.63) is 54.5 Å². The topological polar surface area (TPSA) is 93.4 Å². The molecule has 8 heteroatoms. The van der Waals surface area contributed by atoms with Crippen molar-refractivity contribution in [3.63, 3.8) is 0 Å². The van der Waals surface area contributed by atoms with Crippen molar-refractivity contribution < 1.29 is 21.3 Å². The fourth-order valence-corrected chi connectivity index (χ4v) is 5.17. The molecule has 24 heavy (non-hydrogen) atoms. The molecule has 1 aromatic carbocycles. The molecule has 0 amide bonds. The van der Waals surface area contributed by atoms with Gasteiger partial charge in [-0.1, -0.05) is 31.5 Å². The fraction of sp³-hybridized carbons (Fsp3) is 0.375. The minimum Gasteiger partial charge on any atom is -0.468 e. The molecule has 0 aliphatic carbocycles. The van der Waals surface area contributed by atoms with Crippen LogP contribution in [-0.2, 0) is 19.9 Å². The summed E-state index contributed by atoms with van der Waals surface area (Å²) in [6, 6.07) is 11.0. The lowest BCUT2D eigenvalue weighted by Gasteiger charge is -2.16. The molecule has 1 aromatic heterocycles. The highest BCUT2D eigenvalue weighted by atomic mass is 32.2. The molecule has 2 aromatic rings. The number of sulfonamides is 1. The van der Waals surface area contributed by atoms with E-state index in [1.54, 1.807) is 24.3 Å². The lowest BCUT2D eigenvalue weighted by Crippen LogP contribution is -2.33. The van der Waals surface area contributed by atoms with E-state index in [1.165, 1.54) is 24.5 Å². The zero-order chi connectivity index (χ0) is 17.6. The number of hydrogen-bond acceptors (Lipinski definition) is 5. The Kier molecular flexibility index (Phi) is 6.20. The van der Waals surface area contributed by atoms with Crippen LogP contribution < -0.4 is 4.72 Å². The molecule has 132 valence electrons. The van der Waals surface area contributed by atoms with E-state index in [4.69, 9.17) is 4.42 Å². The van der Waals surface area contributed by atoms with Crippen molar-refractivity contribution in [3.8, 4) is 0 Å². The highest BCUT2D eigenvalue weighted by Gasteiger charge is 2.32. The summed E-state index contributed by atoms with van der Waals surface area (Å²) < 4.78 is 57.3. The first-order chi connectivity index (χ1) is 11.4. The number of sulfone groups is 1. The third-order valence-electron chi connectivity index (χ3n) is 3.56. The van der Waals surface area contributed by atoms with Gasteiger partial charge in [-0.15, -0.1) is 0 Å². The summed E-state index contributed by atoms with van der Waals surface area (Å²) in [4.78, 5) is 0.124. The third-order valence-corrected chi connectivity index (χ3v) is 7.07. The second-order valence-corrected chi connectivity index (χ2v) is 9.44. The molecular formula is C16H21NO5S2. The molecule has 0 saturated heterocycles. The largest absolute Gasteiger partial charge is 0.468 e. The van der Waals surface area contributed by atoms with E-state index in [2.05, 4.69) is 4.72 Å². The van der Waals surface area contributed by atoms with Gasteiger partial charge in [-0.05, 0) is 30.7 Å². The van der Waals surface area contributed by atoms with Crippen LogP contribution in [0.5, 0.6) is 0 Å². The molecule has 6 nitrogen and oxygen atoms in total. The first-order valence-electron chi connectivity index (χ1n) is 7.66. The summed E-state index contributed by atoms with van der Waals surface area (Å²) in [5.74, 6) is 0.178. The van der Waals surface area contributed by atoms with Gasteiger partial charge in [0.2, 0.25) is 10.0 Å². The molecule has 1 atom stereocenters. The van der Waals surface area contributed by atoms with Crippen LogP contribution in [-0.4, -0.2) is 29.1 Å². The first kappa shape index (κ1) is 18.7.